The number of hydrogen-bond acceptors (Lipinski definition) is 5. The van der Waals surface area contributed by atoms with Gasteiger partial charge >= 0.3 is 0 Å². The fourth-order valence-electron chi connectivity index (χ4n) is 3.71. The van der Waals surface area contributed by atoms with Crippen molar-refractivity contribution in [2.24, 2.45) is 0 Å². The molecule has 0 unspecified atom stereocenters. The minimum absolute atomic E-state index is 0.0883. The molecule has 28 heavy (non-hydrogen) atoms. The molecule has 0 spiro atoms. The topological polar surface area (TPSA) is 89.3 Å². The molecule has 1 aliphatic heterocycles. The highest BCUT2D eigenvalue weighted by atomic mass is 32.2. The molecule has 1 atom stereocenters. The smallest absolute Gasteiger partial charge is 0.243 e. The molecule has 1 aromatic carbocycles. The molecular formula is C19H27N3O4S2. The summed E-state index contributed by atoms with van der Waals surface area (Å²) >= 11 is 0. The first-order chi connectivity index (χ1) is 12.9. The van der Waals surface area contributed by atoms with Gasteiger partial charge in [0.05, 0.1) is 28.1 Å². The van der Waals surface area contributed by atoms with E-state index in [1.165, 1.54) is 4.31 Å². The number of hydrogen-bond donors (Lipinski definition) is 0. The highest BCUT2D eigenvalue weighted by Gasteiger charge is 2.32. The largest absolute Gasteiger partial charge is 0.265 e. The average Bonchev–Trinajstić information content (AvgIpc) is 3.10. The summed E-state index contributed by atoms with van der Waals surface area (Å²) in [5.74, 6) is 0.261. The Morgan fingerprint density at radius 3 is 2.50 bits per heavy atom. The third-order valence-corrected chi connectivity index (χ3v) is 9.14. The lowest BCUT2D eigenvalue weighted by Gasteiger charge is -2.19. The molecule has 0 saturated carbocycles. The first-order valence-corrected chi connectivity index (χ1v) is 12.5. The molecule has 0 radical (unpaired) electrons. The van der Waals surface area contributed by atoms with Gasteiger partial charge in [0.1, 0.15) is 0 Å². The number of aryl methyl sites for hydroxylation is 3. The first kappa shape index (κ1) is 21.0. The van der Waals surface area contributed by atoms with Gasteiger partial charge in [-0.15, -0.1) is 0 Å². The van der Waals surface area contributed by atoms with Gasteiger partial charge in [-0.2, -0.15) is 9.40 Å². The lowest BCUT2D eigenvalue weighted by atomic mass is 10.2. The highest BCUT2D eigenvalue weighted by Crippen LogP contribution is 2.28. The predicted octanol–water partition coefficient (Wildman–Crippen LogP) is 2.30. The predicted molar refractivity (Wildman–Crippen MR) is 109 cm³/mol. The standard InChI is InChI=1S/C19H27N3O4S2/c1-13-6-7-14(2)19(10-13)28(25,26)21(5)11-18-15(3)20-22(16(18)4)17-8-9-27(23,24)12-17/h6-7,10,17H,8-9,11-12H2,1-5H3/t17-/m1/s1. The van der Waals surface area contributed by atoms with Crippen LogP contribution >= 0.6 is 0 Å². The van der Waals surface area contributed by atoms with Gasteiger partial charge < -0.3 is 0 Å². The van der Waals surface area contributed by atoms with E-state index in [0.29, 0.717) is 16.9 Å². The van der Waals surface area contributed by atoms with Gasteiger partial charge in [0.25, 0.3) is 0 Å². The summed E-state index contributed by atoms with van der Waals surface area (Å²) in [6.45, 7) is 7.55. The molecule has 1 saturated heterocycles. The van der Waals surface area contributed by atoms with Crippen LogP contribution in [-0.4, -0.2) is 49.5 Å². The van der Waals surface area contributed by atoms with Crippen molar-refractivity contribution in [1.29, 1.82) is 0 Å². The van der Waals surface area contributed by atoms with Gasteiger partial charge in [-0.1, -0.05) is 12.1 Å². The van der Waals surface area contributed by atoms with E-state index >= 15 is 0 Å². The van der Waals surface area contributed by atoms with Crippen LogP contribution in [0.15, 0.2) is 23.1 Å². The van der Waals surface area contributed by atoms with Gasteiger partial charge in [0.2, 0.25) is 10.0 Å². The summed E-state index contributed by atoms with van der Waals surface area (Å²) < 4.78 is 52.9. The second kappa shape index (κ2) is 7.27. The molecular weight excluding hydrogens is 398 g/mol. The fourth-order valence-corrected chi connectivity index (χ4v) is 6.85. The fraction of sp³-hybridized carbons (Fsp3) is 0.526. The molecule has 9 heteroatoms. The third kappa shape index (κ3) is 3.88. The molecule has 0 aliphatic carbocycles. The Morgan fingerprint density at radius 2 is 1.89 bits per heavy atom. The van der Waals surface area contributed by atoms with Crippen LogP contribution in [-0.2, 0) is 26.4 Å². The molecule has 1 fully saturated rings. The minimum Gasteiger partial charge on any atom is -0.265 e. The van der Waals surface area contributed by atoms with Crippen LogP contribution < -0.4 is 0 Å². The van der Waals surface area contributed by atoms with Crippen molar-refractivity contribution in [2.45, 2.75) is 51.6 Å². The van der Waals surface area contributed by atoms with E-state index in [4.69, 9.17) is 0 Å². The van der Waals surface area contributed by atoms with Crippen molar-refractivity contribution in [1.82, 2.24) is 14.1 Å². The maximum absolute atomic E-state index is 13.1. The summed E-state index contributed by atoms with van der Waals surface area (Å²) in [5, 5.41) is 4.53. The van der Waals surface area contributed by atoms with Crippen molar-refractivity contribution < 1.29 is 16.8 Å². The van der Waals surface area contributed by atoms with E-state index in [-0.39, 0.29) is 24.1 Å². The normalized spacial score (nSPS) is 19.4. The maximum Gasteiger partial charge on any atom is 0.243 e. The molecule has 7 nitrogen and oxygen atoms in total. The Morgan fingerprint density at radius 1 is 1.21 bits per heavy atom. The third-order valence-electron chi connectivity index (χ3n) is 5.44. The maximum atomic E-state index is 13.1. The Labute approximate surface area is 167 Å². The molecule has 0 bridgehead atoms. The van der Waals surface area contributed by atoms with Crippen molar-refractivity contribution in [3.63, 3.8) is 0 Å². The second-order valence-corrected chi connectivity index (χ2v) is 11.9. The van der Waals surface area contributed by atoms with Crippen molar-refractivity contribution >= 4 is 19.9 Å². The lowest BCUT2D eigenvalue weighted by molar-refractivity contribution is 0.461. The van der Waals surface area contributed by atoms with E-state index in [2.05, 4.69) is 5.10 Å². The highest BCUT2D eigenvalue weighted by molar-refractivity contribution is 7.91. The van der Waals surface area contributed by atoms with Crippen LogP contribution in [0.25, 0.3) is 0 Å². The van der Waals surface area contributed by atoms with Gasteiger partial charge in [0.15, 0.2) is 9.84 Å². The van der Waals surface area contributed by atoms with Crippen LogP contribution in [0, 0.1) is 27.7 Å². The summed E-state index contributed by atoms with van der Waals surface area (Å²) in [5.41, 5.74) is 3.96. The Kier molecular flexibility index (Phi) is 5.46. The van der Waals surface area contributed by atoms with Gasteiger partial charge in [0, 0.05) is 24.8 Å². The van der Waals surface area contributed by atoms with Gasteiger partial charge in [-0.05, 0) is 51.3 Å². The van der Waals surface area contributed by atoms with Crippen LogP contribution in [0.1, 0.15) is 40.5 Å². The first-order valence-electron chi connectivity index (χ1n) is 9.21. The van der Waals surface area contributed by atoms with Crippen molar-refractivity contribution in [2.75, 3.05) is 18.6 Å². The van der Waals surface area contributed by atoms with Crippen molar-refractivity contribution in [3.8, 4) is 0 Å². The quantitative estimate of drug-likeness (QED) is 0.733. The minimum atomic E-state index is -3.65. The van der Waals surface area contributed by atoms with E-state index in [0.717, 1.165) is 22.5 Å². The molecule has 2 heterocycles. The van der Waals surface area contributed by atoms with Gasteiger partial charge in [-0.25, -0.2) is 16.8 Å². The van der Waals surface area contributed by atoms with E-state index in [1.54, 1.807) is 24.7 Å². The molecule has 0 amide bonds. The van der Waals surface area contributed by atoms with Crippen LogP contribution in [0.5, 0.6) is 0 Å². The average molecular weight is 426 g/mol. The number of aromatic nitrogens is 2. The van der Waals surface area contributed by atoms with Crippen LogP contribution in [0.4, 0.5) is 0 Å². The van der Waals surface area contributed by atoms with Crippen molar-refractivity contribution in [3.05, 3.63) is 46.3 Å². The Hall–Kier alpha value is -1.71. The zero-order valence-corrected chi connectivity index (χ0v) is 18.6. The number of benzene rings is 1. The summed E-state index contributed by atoms with van der Waals surface area (Å²) in [4.78, 5) is 0.305. The van der Waals surface area contributed by atoms with E-state index < -0.39 is 19.9 Å². The van der Waals surface area contributed by atoms with Gasteiger partial charge in [-0.3, -0.25) is 4.68 Å². The second-order valence-electron chi connectivity index (χ2n) is 7.68. The molecule has 154 valence electrons. The monoisotopic (exact) mass is 425 g/mol. The number of nitrogens with zero attached hydrogens (tertiary/aromatic N) is 3. The number of sulfonamides is 1. The number of sulfone groups is 1. The van der Waals surface area contributed by atoms with Crippen LogP contribution in [0.3, 0.4) is 0 Å². The molecule has 1 aromatic heterocycles. The molecule has 0 N–H and O–H groups in total. The lowest BCUT2D eigenvalue weighted by Crippen LogP contribution is -2.27. The summed E-state index contributed by atoms with van der Waals surface area (Å²) in [6.07, 6.45) is 0.542. The van der Waals surface area contributed by atoms with E-state index in [1.807, 2.05) is 32.9 Å². The zero-order chi connectivity index (χ0) is 20.9. The SMILES string of the molecule is Cc1ccc(C)c(S(=O)(=O)N(C)Cc2c(C)nn([C@@H]3CCS(=O)(=O)C3)c2C)c1. The number of rotatable bonds is 5. The zero-order valence-electron chi connectivity index (χ0n) is 16.9. The molecule has 1 aliphatic rings. The Balaban J connectivity index is 1.90. The summed E-state index contributed by atoms with van der Waals surface area (Å²) in [7, 11) is -5.11. The molecule has 2 aromatic rings. The summed E-state index contributed by atoms with van der Waals surface area (Å²) in [6, 6.07) is 5.21. The molecule has 3 rings (SSSR count). The Bertz CT molecular complexity index is 1120. The van der Waals surface area contributed by atoms with E-state index in [9.17, 15) is 16.8 Å². The van der Waals surface area contributed by atoms with Crippen LogP contribution in [0.2, 0.25) is 0 Å².